The van der Waals surface area contributed by atoms with Gasteiger partial charge in [-0.15, -0.1) is 0 Å². The minimum atomic E-state index is -4.67. The number of rotatable bonds is 5. The number of benzene rings is 1. The Bertz CT molecular complexity index is 1010. The second-order valence-electron chi connectivity index (χ2n) is 5.94. The zero-order valence-corrected chi connectivity index (χ0v) is 15.7. The van der Waals surface area contributed by atoms with E-state index in [-0.39, 0.29) is 23.1 Å². The van der Waals surface area contributed by atoms with Gasteiger partial charge in [0.2, 0.25) is 5.95 Å². The topological polar surface area (TPSA) is 220 Å². The van der Waals surface area contributed by atoms with Crippen LogP contribution < -0.4 is 27.2 Å². The van der Waals surface area contributed by atoms with E-state index in [0.717, 1.165) is 12.1 Å². The number of aromatic amines is 1. The van der Waals surface area contributed by atoms with Crippen LogP contribution >= 0.6 is 0 Å². The van der Waals surface area contributed by atoms with Gasteiger partial charge in [-0.3, -0.25) is 18.9 Å². The second kappa shape index (κ2) is 9.22. The van der Waals surface area contributed by atoms with E-state index in [1.807, 2.05) is 0 Å². The number of nitrogens with zero attached hydrogens (tertiary/aromatic N) is 1. The number of aromatic nitrogens is 2. The molecule has 13 nitrogen and oxygen atoms in total. The fraction of sp³-hybridized carbons (Fsp3) is 0.267. The quantitative estimate of drug-likeness (QED) is 0.297. The first-order chi connectivity index (χ1) is 13.5. The lowest BCUT2D eigenvalue weighted by Crippen LogP contribution is -2.38. The number of aromatic carboxylic acids is 1. The van der Waals surface area contributed by atoms with E-state index in [2.05, 4.69) is 25.9 Å². The summed E-state index contributed by atoms with van der Waals surface area (Å²) in [6.07, 6.45) is 0.761. The molecule has 1 aliphatic heterocycles. The molecule has 29 heavy (non-hydrogen) atoms. The number of carboxylic acid groups (broad SMARTS) is 1. The number of carbonyl (C=O) groups is 1. The Hall–Kier alpha value is -3.36. The summed E-state index contributed by atoms with van der Waals surface area (Å²) in [5.74, 6) is -0.403. The molecule has 2 heterocycles. The van der Waals surface area contributed by atoms with Crippen LogP contribution in [0.4, 0.5) is 23.1 Å². The van der Waals surface area contributed by atoms with Gasteiger partial charge in [-0.25, -0.2) is 4.79 Å². The Morgan fingerprint density at radius 3 is 2.48 bits per heavy atom. The summed E-state index contributed by atoms with van der Waals surface area (Å²) in [6, 6.07) is 6.62. The Labute approximate surface area is 164 Å². The summed E-state index contributed by atoms with van der Waals surface area (Å²) in [6.45, 7) is 1.30. The minimum Gasteiger partial charge on any atom is -0.478 e. The number of fused-ring (bicyclic) bond motifs is 1. The van der Waals surface area contributed by atoms with Gasteiger partial charge < -0.3 is 26.8 Å². The number of nitrogens with one attached hydrogen (secondary N) is 4. The van der Waals surface area contributed by atoms with Crippen molar-refractivity contribution in [2.24, 2.45) is 0 Å². The van der Waals surface area contributed by atoms with Gasteiger partial charge in [0, 0.05) is 24.8 Å². The number of nitrogens with two attached hydrogens (primary N) is 1. The van der Waals surface area contributed by atoms with Crippen LogP contribution in [0.3, 0.4) is 0 Å². The number of H-pyrrole nitrogens is 1. The Morgan fingerprint density at radius 1 is 1.28 bits per heavy atom. The predicted octanol–water partition coefficient (Wildman–Crippen LogP) is 0.106. The molecule has 0 aliphatic carbocycles. The molecule has 1 unspecified atom stereocenters. The maximum atomic E-state index is 11.9. The minimum absolute atomic E-state index is 0.0646. The summed E-state index contributed by atoms with van der Waals surface area (Å²) in [7, 11) is -4.67. The molecule has 0 saturated heterocycles. The summed E-state index contributed by atoms with van der Waals surface area (Å²) < 4.78 is 31.6. The Balaban J connectivity index is 0.000000537. The first kappa shape index (κ1) is 21.9. The summed E-state index contributed by atoms with van der Waals surface area (Å²) in [5, 5.41) is 18.3. The smallest absolute Gasteiger partial charge is 0.394 e. The van der Waals surface area contributed by atoms with Crippen LogP contribution in [-0.2, 0) is 10.4 Å². The average molecular weight is 428 g/mol. The van der Waals surface area contributed by atoms with Crippen molar-refractivity contribution in [3.63, 3.8) is 0 Å². The molecule has 0 amide bonds. The van der Waals surface area contributed by atoms with Crippen molar-refractivity contribution in [2.45, 2.75) is 12.5 Å². The Kier molecular flexibility index (Phi) is 6.98. The molecule has 2 aromatic rings. The molecule has 1 aromatic heterocycles. The molecule has 3 rings (SSSR count). The fourth-order valence-corrected chi connectivity index (χ4v) is 2.52. The van der Waals surface area contributed by atoms with Crippen LogP contribution in [0.25, 0.3) is 0 Å². The lowest BCUT2D eigenvalue weighted by Gasteiger charge is -2.27. The van der Waals surface area contributed by atoms with E-state index < -0.39 is 16.4 Å². The van der Waals surface area contributed by atoms with Gasteiger partial charge in [0.25, 0.3) is 5.56 Å². The SMILES string of the molecule is Nc1nc2c(c(=O)[nH]1)NC(CCNc1ccc(C(=O)O)cc1)CN2.O=S(=O)(O)O. The van der Waals surface area contributed by atoms with Crippen molar-refractivity contribution in [1.82, 2.24) is 9.97 Å². The van der Waals surface area contributed by atoms with Crippen molar-refractivity contribution in [3.8, 4) is 0 Å². The van der Waals surface area contributed by atoms with Crippen molar-refractivity contribution < 1.29 is 27.4 Å². The van der Waals surface area contributed by atoms with E-state index in [1.54, 1.807) is 24.3 Å². The highest BCUT2D eigenvalue weighted by molar-refractivity contribution is 7.79. The zero-order chi connectivity index (χ0) is 21.6. The van der Waals surface area contributed by atoms with Crippen molar-refractivity contribution in [3.05, 3.63) is 40.2 Å². The molecule has 0 spiro atoms. The molecule has 0 saturated carbocycles. The fourth-order valence-electron chi connectivity index (χ4n) is 2.52. The van der Waals surface area contributed by atoms with E-state index in [0.29, 0.717) is 24.6 Å². The van der Waals surface area contributed by atoms with Crippen LogP contribution in [0.1, 0.15) is 16.8 Å². The first-order valence-corrected chi connectivity index (χ1v) is 9.60. The lowest BCUT2D eigenvalue weighted by molar-refractivity contribution is 0.0697. The normalized spacial score (nSPS) is 15.0. The van der Waals surface area contributed by atoms with Crippen molar-refractivity contribution in [2.75, 3.05) is 34.8 Å². The molecule has 158 valence electrons. The summed E-state index contributed by atoms with van der Waals surface area (Å²) >= 11 is 0. The Morgan fingerprint density at radius 2 is 1.90 bits per heavy atom. The lowest BCUT2D eigenvalue weighted by atomic mass is 10.1. The van der Waals surface area contributed by atoms with Crippen molar-refractivity contribution in [1.29, 1.82) is 0 Å². The highest BCUT2D eigenvalue weighted by atomic mass is 32.3. The molecule has 9 N–H and O–H groups in total. The molecule has 1 atom stereocenters. The molecule has 0 radical (unpaired) electrons. The van der Waals surface area contributed by atoms with Gasteiger partial charge in [0.15, 0.2) is 5.82 Å². The van der Waals surface area contributed by atoms with E-state index in [9.17, 15) is 9.59 Å². The average Bonchev–Trinajstić information content (AvgIpc) is 2.61. The monoisotopic (exact) mass is 428 g/mol. The number of hydrogen-bond donors (Lipinski definition) is 8. The molecular weight excluding hydrogens is 408 g/mol. The third-order valence-corrected chi connectivity index (χ3v) is 3.76. The molecule has 0 fully saturated rings. The van der Waals surface area contributed by atoms with Gasteiger partial charge >= 0.3 is 16.4 Å². The predicted molar refractivity (Wildman–Crippen MR) is 106 cm³/mol. The van der Waals surface area contributed by atoms with Crippen LogP contribution in [0, 0.1) is 0 Å². The van der Waals surface area contributed by atoms with E-state index in [1.165, 1.54) is 0 Å². The van der Waals surface area contributed by atoms with E-state index >= 15 is 0 Å². The van der Waals surface area contributed by atoms with Gasteiger partial charge in [0.1, 0.15) is 5.69 Å². The molecule has 1 aliphatic rings. The summed E-state index contributed by atoms with van der Waals surface area (Å²) in [5.41, 5.74) is 6.70. The number of nitrogen functional groups attached to an aromatic ring is 1. The maximum absolute atomic E-state index is 11.9. The highest BCUT2D eigenvalue weighted by Crippen LogP contribution is 2.21. The standard InChI is InChI=1S/C15H18N6O3.H2O4S/c16-15-20-12-11(13(22)21-15)19-10(7-18-12)5-6-17-9-3-1-8(2-4-9)14(23)24;1-5(2,3)4/h1-4,10,17,19H,5-7H2,(H,23,24)(H4,16,18,20,21,22);(H2,1,2,3,4). The number of hydrogen-bond acceptors (Lipinski definition) is 9. The van der Waals surface area contributed by atoms with E-state index in [4.69, 9.17) is 28.4 Å². The van der Waals surface area contributed by atoms with Gasteiger partial charge in [-0.1, -0.05) is 0 Å². The third-order valence-electron chi connectivity index (χ3n) is 3.76. The molecular formula is C15H20N6O7S. The van der Waals surface area contributed by atoms with Crippen molar-refractivity contribution >= 4 is 39.5 Å². The van der Waals surface area contributed by atoms with Crippen LogP contribution in [0.5, 0.6) is 0 Å². The van der Waals surface area contributed by atoms with Gasteiger partial charge in [0.05, 0.1) is 5.56 Å². The van der Waals surface area contributed by atoms with Crippen LogP contribution in [-0.4, -0.2) is 57.7 Å². The second-order valence-corrected chi connectivity index (χ2v) is 6.84. The van der Waals surface area contributed by atoms with Crippen LogP contribution in [0.2, 0.25) is 0 Å². The first-order valence-electron chi connectivity index (χ1n) is 8.20. The van der Waals surface area contributed by atoms with Crippen LogP contribution in [0.15, 0.2) is 29.1 Å². The maximum Gasteiger partial charge on any atom is 0.394 e. The molecule has 1 aromatic carbocycles. The largest absolute Gasteiger partial charge is 0.478 e. The third kappa shape index (κ3) is 7.28. The molecule has 0 bridgehead atoms. The number of anilines is 4. The number of carboxylic acids is 1. The zero-order valence-electron chi connectivity index (χ0n) is 14.9. The summed E-state index contributed by atoms with van der Waals surface area (Å²) in [4.78, 5) is 29.2. The molecule has 14 heteroatoms. The van der Waals surface area contributed by atoms with Gasteiger partial charge in [-0.2, -0.15) is 13.4 Å². The highest BCUT2D eigenvalue weighted by Gasteiger charge is 2.21. The van der Waals surface area contributed by atoms with Gasteiger partial charge in [-0.05, 0) is 30.7 Å².